The number of ketones is 2. The van der Waals surface area contributed by atoms with Crippen molar-refractivity contribution in [3.8, 4) is 0 Å². The van der Waals surface area contributed by atoms with Crippen molar-refractivity contribution in [2.75, 3.05) is 311 Å². The smallest absolute Gasteiger partial charge is 0.222 e. The minimum Gasteiger partial charge on any atom is -0.382 e. The van der Waals surface area contributed by atoms with Crippen molar-refractivity contribution in [1.29, 1.82) is 0 Å². The number of ether oxygens (including phenoxy) is 23. The highest BCUT2D eigenvalue weighted by Gasteiger charge is 2.34. The van der Waals surface area contributed by atoms with Crippen molar-refractivity contribution >= 4 is 23.4 Å². The number of unbranched alkanes of at least 4 members (excludes halogenated alkanes) is 3. The Hall–Kier alpha value is -2.64. The SMILES string of the molecule is COCCOCCOCCOCCCCCOCCOCCOCCOCCOCCOCCOCCOCCOCCOCCOCCOCCOCCOCCOCCOCCOCCOCCOCCC(=O)NCCCC[C@H](CC(=O)[C@@H](NC(=O)CCCC(C)(C)C)C(C)C)C(=O)C(C)(C)C. The van der Waals surface area contributed by atoms with Crippen LogP contribution in [0.5, 0.6) is 0 Å². The van der Waals surface area contributed by atoms with Gasteiger partial charge in [-0.2, -0.15) is 0 Å². The topological polar surface area (TPSA) is 305 Å². The Kier molecular flexibility index (Phi) is 76.5. The maximum Gasteiger partial charge on any atom is 0.222 e. The fraction of sp³-hybridized carbons (Fsp3) is 0.947. The second-order valence-electron chi connectivity index (χ2n) is 26.8. The highest BCUT2D eigenvalue weighted by Crippen LogP contribution is 2.28. The number of methoxy groups -OCH3 is 1. The molecule has 0 aliphatic carbocycles. The average molecular weight is 1510 g/mol. The lowest BCUT2D eigenvalue weighted by Gasteiger charge is -2.27. The first-order valence-electron chi connectivity index (χ1n) is 38.4. The Morgan fingerprint density at radius 1 is 0.298 bits per heavy atom. The largest absolute Gasteiger partial charge is 0.382 e. The normalized spacial score (nSPS) is 12.6. The van der Waals surface area contributed by atoms with E-state index in [2.05, 4.69) is 31.4 Å². The van der Waals surface area contributed by atoms with Crippen molar-refractivity contribution in [3.63, 3.8) is 0 Å². The summed E-state index contributed by atoms with van der Waals surface area (Å²) in [7, 11) is 1.65. The number of rotatable bonds is 86. The van der Waals surface area contributed by atoms with E-state index in [-0.39, 0.29) is 54.2 Å². The second-order valence-corrected chi connectivity index (χ2v) is 26.8. The van der Waals surface area contributed by atoms with E-state index in [0.29, 0.717) is 310 Å². The summed E-state index contributed by atoms with van der Waals surface area (Å²) in [5.74, 6) is -0.871. The molecule has 0 heterocycles. The third-order valence-corrected chi connectivity index (χ3v) is 14.9. The van der Waals surface area contributed by atoms with Crippen LogP contribution in [0, 0.1) is 22.7 Å². The summed E-state index contributed by atoms with van der Waals surface area (Å²) >= 11 is 0. The zero-order chi connectivity index (χ0) is 76.0. The summed E-state index contributed by atoms with van der Waals surface area (Å²) in [5.41, 5.74) is -0.471. The van der Waals surface area contributed by atoms with Crippen LogP contribution in [0.4, 0.5) is 0 Å². The van der Waals surface area contributed by atoms with E-state index in [1.165, 1.54) is 0 Å². The monoisotopic (exact) mass is 1510 g/mol. The van der Waals surface area contributed by atoms with Crippen LogP contribution in [-0.4, -0.2) is 340 Å². The maximum absolute atomic E-state index is 13.5. The molecule has 0 saturated carbocycles. The molecule has 0 aromatic carbocycles. The number of Topliss-reactive ketones (excluding diaryl/α,β-unsaturated/α-hetero) is 2. The van der Waals surface area contributed by atoms with Crippen molar-refractivity contribution in [2.45, 2.75) is 132 Å². The highest BCUT2D eigenvalue weighted by atomic mass is 16.6. The molecule has 0 aliphatic rings. The number of hydrogen-bond donors (Lipinski definition) is 2. The summed E-state index contributed by atoms with van der Waals surface area (Å²) in [5, 5.41) is 5.87. The summed E-state index contributed by atoms with van der Waals surface area (Å²) in [6.07, 6.45) is 7.30. The van der Waals surface area contributed by atoms with E-state index in [4.69, 9.17) is 109 Å². The van der Waals surface area contributed by atoms with Gasteiger partial charge in [0.05, 0.1) is 290 Å². The molecule has 0 rings (SSSR count). The lowest BCUT2D eigenvalue weighted by Crippen LogP contribution is -2.45. The van der Waals surface area contributed by atoms with E-state index in [1.807, 2.05) is 34.6 Å². The van der Waals surface area contributed by atoms with Gasteiger partial charge >= 0.3 is 0 Å². The van der Waals surface area contributed by atoms with Gasteiger partial charge in [0.15, 0.2) is 5.78 Å². The molecular formula is C75H146N2O27. The number of nitrogens with one attached hydrogen (secondary N) is 2. The van der Waals surface area contributed by atoms with Crippen LogP contribution < -0.4 is 10.6 Å². The van der Waals surface area contributed by atoms with Gasteiger partial charge in [0.1, 0.15) is 5.78 Å². The number of hydrogen-bond acceptors (Lipinski definition) is 27. The Morgan fingerprint density at radius 2 is 0.567 bits per heavy atom. The van der Waals surface area contributed by atoms with Gasteiger partial charge < -0.3 is 120 Å². The molecule has 0 radical (unpaired) electrons. The first kappa shape index (κ1) is 101. The third kappa shape index (κ3) is 77.5. The summed E-state index contributed by atoms with van der Waals surface area (Å²) in [6.45, 7) is 38.5. The molecule has 29 heteroatoms. The summed E-state index contributed by atoms with van der Waals surface area (Å²) in [4.78, 5) is 52.1. The predicted molar refractivity (Wildman–Crippen MR) is 393 cm³/mol. The molecule has 618 valence electrons. The standard InChI is InChI=1S/C75H146N2O27/c1-67(2)72(77-71(80)17-15-19-74(3,4)5)69(78)66-68(73(81)75(6,7)8)16-11-12-20-76-70(79)18-23-85-28-31-89-35-37-91-39-41-93-43-45-95-47-49-97-51-53-99-55-57-101-59-61-103-63-65-104-64-62-102-60-58-100-56-54-98-52-50-96-48-46-94-44-42-92-40-38-90-36-34-88-30-27-84-22-14-10-13-21-83-26-29-87-33-32-86-25-24-82-9/h67-68,72H,10-66H2,1-9H3,(H,76,79)(H,77,80)/t68-,72+/m1/s1. The van der Waals surface area contributed by atoms with Crippen LogP contribution >= 0.6 is 0 Å². The molecule has 0 saturated heterocycles. The van der Waals surface area contributed by atoms with E-state index in [1.54, 1.807) is 7.11 Å². The number of amides is 2. The molecular weight excluding hydrogens is 1360 g/mol. The molecule has 0 spiro atoms. The molecule has 2 atom stereocenters. The molecule has 0 aliphatic heterocycles. The molecule has 0 fully saturated rings. The number of carbonyl (C=O) groups excluding carboxylic acids is 4. The zero-order valence-electron chi connectivity index (χ0n) is 66.1. The van der Waals surface area contributed by atoms with E-state index in [0.717, 1.165) is 45.3 Å². The fourth-order valence-electron chi connectivity index (χ4n) is 9.28. The van der Waals surface area contributed by atoms with Crippen LogP contribution in [0.2, 0.25) is 0 Å². The van der Waals surface area contributed by atoms with E-state index >= 15 is 0 Å². The predicted octanol–water partition coefficient (Wildman–Crippen LogP) is 6.39. The Balaban J connectivity index is 3.36. The quantitative estimate of drug-likeness (QED) is 0.0623. The molecule has 2 amide bonds. The second kappa shape index (κ2) is 78.5. The van der Waals surface area contributed by atoms with Crippen molar-refractivity contribution < 1.29 is 128 Å². The number of carbonyl (C=O) groups is 4. The lowest BCUT2D eigenvalue weighted by molar-refractivity contribution is -0.135. The van der Waals surface area contributed by atoms with Gasteiger partial charge in [0, 0.05) is 57.5 Å². The minimum absolute atomic E-state index is 0.0341. The van der Waals surface area contributed by atoms with Gasteiger partial charge in [-0.25, -0.2) is 0 Å². The first-order chi connectivity index (χ1) is 50.6. The zero-order valence-corrected chi connectivity index (χ0v) is 66.1. The first-order valence-corrected chi connectivity index (χ1v) is 38.4. The van der Waals surface area contributed by atoms with Crippen LogP contribution in [0.1, 0.15) is 126 Å². The molecule has 104 heavy (non-hydrogen) atoms. The fourth-order valence-corrected chi connectivity index (χ4v) is 9.28. The average Bonchev–Trinajstić information content (AvgIpc) is 0.859. The van der Waals surface area contributed by atoms with Gasteiger partial charge in [-0.1, -0.05) is 61.8 Å². The van der Waals surface area contributed by atoms with Crippen molar-refractivity contribution in [3.05, 3.63) is 0 Å². The maximum atomic E-state index is 13.5. The molecule has 0 bridgehead atoms. The van der Waals surface area contributed by atoms with Gasteiger partial charge in [-0.3, -0.25) is 19.2 Å². The van der Waals surface area contributed by atoms with Crippen molar-refractivity contribution in [2.24, 2.45) is 22.7 Å². The van der Waals surface area contributed by atoms with Crippen LogP contribution in [-0.2, 0) is 128 Å². The van der Waals surface area contributed by atoms with Crippen LogP contribution in [0.25, 0.3) is 0 Å². The molecule has 29 nitrogen and oxygen atoms in total. The Bertz CT molecular complexity index is 1840. The van der Waals surface area contributed by atoms with Gasteiger partial charge in [-0.15, -0.1) is 0 Å². The van der Waals surface area contributed by atoms with E-state index in [9.17, 15) is 19.2 Å². The van der Waals surface area contributed by atoms with Gasteiger partial charge in [0.25, 0.3) is 0 Å². The van der Waals surface area contributed by atoms with Crippen molar-refractivity contribution in [1.82, 2.24) is 10.6 Å². The summed E-state index contributed by atoms with van der Waals surface area (Å²) < 4.78 is 127. The Morgan fingerprint density at radius 3 is 0.827 bits per heavy atom. The van der Waals surface area contributed by atoms with Crippen LogP contribution in [0.15, 0.2) is 0 Å². The lowest BCUT2D eigenvalue weighted by atomic mass is 9.77. The van der Waals surface area contributed by atoms with Gasteiger partial charge in [0.2, 0.25) is 11.8 Å². The molecule has 0 aromatic heterocycles. The molecule has 2 N–H and O–H groups in total. The minimum atomic E-state index is -0.635. The Labute approximate surface area is 625 Å². The van der Waals surface area contributed by atoms with E-state index < -0.39 is 17.4 Å². The molecule has 0 aromatic rings. The van der Waals surface area contributed by atoms with Gasteiger partial charge in [-0.05, 0) is 56.3 Å². The molecule has 0 unspecified atom stereocenters. The highest BCUT2D eigenvalue weighted by molar-refractivity contribution is 5.94. The summed E-state index contributed by atoms with van der Waals surface area (Å²) in [6, 6.07) is -0.635. The van der Waals surface area contributed by atoms with Crippen LogP contribution in [0.3, 0.4) is 0 Å². The third-order valence-electron chi connectivity index (χ3n) is 14.9.